The van der Waals surface area contributed by atoms with E-state index in [-0.39, 0.29) is 5.54 Å². The first-order chi connectivity index (χ1) is 7.71. The van der Waals surface area contributed by atoms with Gasteiger partial charge in [0.25, 0.3) is 0 Å². The average molecular weight is 215 g/mol. The van der Waals surface area contributed by atoms with Crippen LogP contribution >= 0.6 is 0 Å². The largest absolute Gasteiger partial charge is 0.379 e. The minimum absolute atomic E-state index is 0.194. The van der Waals surface area contributed by atoms with Gasteiger partial charge in [0.2, 0.25) is 0 Å². The van der Waals surface area contributed by atoms with Gasteiger partial charge in [-0.3, -0.25) is 0 Å². The zero-order chi connectivity index (χ0) is 11.2. The molecule has 3 aliphatic rings. The lowest BCUT2D eigenvalue weighted by Crippen LogP contribution is -2.43. The fourth-order valence-electron chi connectivity index (χ4n) is 3.86. The smallest absolute Gasteiger partial charge is 0.0625 e. The molecule has 0 aromatic heterocycles. The lowest BCUT2D eigenvalue weighted by atomic mass is 9.64. The number of hydrogen-bond donors (Lipinski definition) is 1. The first-order valence-corrected chi connectivity index (χ1v) is 6.56. The molecular formula is C15H21N. The Morgan fingerprint density at radius 3 is 3.12 bits per heavy atom. The summed E-state index contributed by atoms with van der Waals surface area (Å²) in [6, 6.07) is 0. The van der Waals surface area contributed by atoms with Crippen LogP contribution in [0.1, 0.15) is 39.5 Å². The van der Waals surface area contributed by atoms with Crippen molar-refractivity contribution in [1.82, 2.24) is 5.32 Å². The number of allylic oxidation sites excluding steroid dienone is 4. The normalized spacial score (nSPS) is 44.6. The Hall–Kier alpha value is -0.980. The van der Waals surface area contributed by atoms with Gasteiger partial charge < -0.3 is 5.32 Å². The molecule has 0 amide bonds. The molecule has 1 unspecified atom stereocenters. The predicted octanol–water partition coefficient (Wildman–Crippen LogP) is 3.55. The molecule has 3 rings (SSSR count). The summed E-state index contributed by atoms with van der Waals surface area (Å²) < 4.78 is 0. The lowest BCUT2D eigenvalue weighted by Gasteiger charge is -2.38. The van der Waals surface area contributed by atoms with E-state index in [4.69, 9.17) is 0 Å². The van der Waals surface area contributed by atoms with Crippen molar-refractivity contribution in [2.75, 3.05) is 0 Å². The Bertz CT molecular complexity index is 388. The molecule has 0 radical (unpaired) electrons. The average Bonchev–Trinajstić information content (AvgIpc) is 2.59. The summed E-state index contributed by atoms with van der Waals surface area (Å²) in [6.45, 7) is 4.74. The minimum atomic E-state index is 0.194. The maximum Gasteiger partial charge on any atom is 0.0625 e. The van der Waals surface area contributed by atoms with Crippen LogP contribution < -0.4 is 5.32 Å². The Labute approximate surface area is 98.3 Å². The van der Waals surface area contributed by atoms with Crippen molar-refractivity contribution >= 4 is 0 Å². The summed E-state index contributed by atoms with van der Waals surface area (Å²) in [5.74, 6) is 0.640. The number of rotatable bonds is 1. The van der Waals surface area contributed by atoms with Crippen molar-refractivity contribution in [1.29, 1.82) is 0 Å². The van der Waals surface area contributed by atoms with Gasteiger partial charge in [0.1, 0.15) is 0 Å². The van der Waals surface area contributed by atoms with Crippen molar-refractivity contribution in [3.8, 4) is 0 Å². The Balaban J connectivity index is 2.10. The van der Waals surface area contributed by atoms with Crippen LogP contribution in [0.3, 0.4) is 0 Å². The van der Waals surface area contributed by atoms with Crippen molar-refractivity contribution in [3.05, 3.63) is 36.1 Å². The van der Waals surface area contributed by atoms with Gasteiger partial charge in [-0.25, -0.2) is 0 Å². The first-order valence-electron chi connectivity index (χ1n) is 6.56. The van der Waals surface area contributed by atoms with Crippen molar-refractivity contribution < 1.29 is 0 Å². The molecule has 2 aliphatic carbocycles. The predicted molar refractivity (Wildman–Crippen MR) is 68.0 cm³/mol. The number of fused-ring (bicyclic) bond motifs is 3. The molecule has 1 N–H and O–H groups in total. The van der Waals surface area contributed by atoms with E-state index in [0.717, 1.165) is 0 Å². The van der Waals surface area contributed by atoms with Gasteiger partial charge in [0, 0.05) is 17.0 Å². The van der Waals surface area contributed by atoms with Crippen LogP contribution in [0, 0.1) is 11.3 Å². The van der Waals surface area contributed by atoms with Gasteiger partial charge in [-0.05, 0) is 25.7 Å². The molecule has 0 bridgehead atoms. The van der Waals surface area contributed by atoms with Crippen LogP contribution in [-0.2, 0) is 0 Å². The summed E-state index contributed by atoms with van der Waals surface area (Å²) in [5, 5.41) is 3.82. The van der Waals surface area contributed by atoms with Crippen molar-refractivity contribution in [3.63, 3.8) is 0 Å². The van der Waals surface area contributed by atoms with E-state index >= 15 is 0 Å². The Kier molecular flexibility index (Phi) is 2.07. The van der Waals surface area contributed by atoms with E-state index in [2.05, 4.69) is 49.5 Å². The summed E-state index contributed by atoms with van der Waals surface area (Å²) in [6.07, 6.45) is 16.7. The zero-order valence-corrected chi connectivity index (χ0v) is 10.3. The van der Waals surface area contributed by atoms with E-state index in [1.807, 2.05) is 0 Å². The van der Waals surface area contributed by atoms with Gasteiger partial charge in [-0.1, -0.05) is 44.2 Å². The Morgan fingerprint density at radius 2 is 2.31 bits per heavy atom. The molecule has 1 nitrogen and oxygen atoms in total. The minimum Gasteiger partial charge on any atom is -0.379 e. The fourth-order valence-corrected chi connectivity index (χ4v) is 3.86. The molecule has 0 aromatic carbocycles. The van der Waals surface area contributed by atoms with Crippen LogP contribution in [0.5, 0.6) is 0 Å². The standard InChI is InChI=1S/C15H21N/c1-3-15-11-7-4-8-12(15)14(2)10-6-5-9-13(14)16-15/h4,7-9,11-12,16H,3,5-6,10H2,1-2H3/t12-,14?,15+/m1/s1. The van der Waals surface area contributed by atoms with Crippen molar-refractivity contribution in [2.24, 2.45) is 11.3 Å². The third-order valence-electron chi connectivity index (χ3n) is 4.87. The fraction of sp³-hybridized carbons (Fsp3) is 0.600. The second-order valence-corrected chi connectivity index (χ2v) is 5.67. The summed E-state index contributed by atoms with van der Waals surface area (Å²) in [7, 11) is 0. The molecule has 0 spiro atoms. The van der Waals surface area contributed by atoms with Gasteiger partial charge >= 0.3 is 0 Å². The highest BCUT2D eigenvalue weighted by Gasteiger charge is 2.54. The van der Waals surface area contributed by atoms with Crippen LogP contribution in [0.15, 0.2) is 36.1 Å². The third kappa shape index (κ3) is 1.12. The molecule has 1 heterocycles. The second kappa shape index (κ2) is 3.26. The summed E-state index contributed by atoms with van der Waals surface area (Å²) in [4.78, 5) is 0. The quantitative estimate of drug-likeness (QED) is 0.705. The van der Waals surface area contributed by atoms with Crippen LogP contribution in [0.2, 0.25) is 0 Å². The molecule has 16 heavy (non-hydrogen) atoms. The highest BCUT2D eigenvalue weighted by Crippen LogP contribution is 2.55. The second-order valence-electron chi connectivity index (χ2n) is 5.67. The molecule has 86 valence electrons. The van der Waals surface area contributed by atoms with Crippen molar-refractivity contribution in [2.45, 2.75) is 45.1 Å². The van der Waals surface area contributed by atoms with Gasteiger partial charge in [0.15, 0.2) is 0 Å². The molecule has 1 fully saturated rings. The maximum absolute atomic E-state index is 3.82. The Morgan fingerprint density at radius 1 is 1.44 bits per heavy atom. The van der Waals surface area contributed by atoms with Gasteiger partial charge in [0.05, 0.1) is 5.54 Å². The number of hydrogen-bond acceptors (Lipinski definition) is 1. The van der Waals surface area contributed by atoms with E-state index in [1.165, 1.54) is 31.4 Å². The highest BCUT2D eigenvalue weighted by atomic mass is 15.1. The van der Waals surface area contributed by atoms with E-state index in [0.29, 0.717) is 11.3 Å². The van der Waals surface area contributed by atoms with E-state index in [1.54, 1.807) is 0 Å². The first kappa shape index (κ1) is 10.2. The summed E-state index contributed by atoms with van der Waals surface area (Å²) in [5.41, 5.74) is 2.05. The lowest BCUT2D eigenvalue weighted by molar-refractivity contribution is 0.233. The molecule has 0 aromatic rings. The van der Waals surface area contributed by atoms with Gasteiger partial charge in [-0.15, -0.1) is 0 Å². The SMILES string of the molecule is CC[C@]12C=CC=C[C@@H]1C1(C)CCCC=C1N2. The molecule has 1 aliphatic heterocycles. The zero-order valence-electron chi connectivity index (χ0n) is 10.3. The topological polar surface area (TPSA) is 12.0 Å². The van der Waals surface area contributed by atoms with Crippen LogP contribution in [-0.4, -0.2) is 5.54 Å². The van der Waals surface area contributed by atoms with Crippen LogP contribution in [0.25, 0.3) is 0 Å². The molecule has 1 heteroatoms. The molecule has 3 atom stereocenters. The summed E-state index contributed by atoms with van der Waals surface area (Å²) >= 11 is 0. The monoisotopic (exact) mass is 215 g/mol. The van der Waals surface area contributed by atoms with Gasteiger partial charge in [-0.2, -0.15) is 0 Å². The number of nitrogens with one attached hydrogen (secondary N) is 1. The van der Waals surface area contributed by atoms with E-state index < -0.39 is 0 Å². The highest BCUT2D eigenvalue weighted by molar-refractivity contribution is 5.39. The molecule has 0 saturated carbocycles. The van der Waals surface area contributed by atoms with Crippen LogP contribution in [0.4, 0.5) is 0 Å². The van der Waals surface area contributed by atoms with E-state index in [9.17, 15) is 0 Å². The molecular weight excluding hydrogens is 194 g/mol. The maximum atomic E-state index is 3.82. The molecule has 1 saturated heterocycles. The third-order valence-corrected chi connectivity index (χ3v) is 4.87.